The molecule has 2 aromatic carbocycles. The molecule has 30 heavy (non-hydrogen) atoms. The van der Waals surface area contributed by atoms with E-state index in [1.807, 2.05) is 0 Å². The smallest absolute Gasteiger partial charge is 0.344 e. The number of carbonyl (C=O) groups is 3. The maximum atomic E-state index is 13.0. The Morgan fingerprint density at radius 1 is 1.20 bits per heavy atom. The lowest BCUT2D eigenvalue weighted by molar-refractivity contribution is -0.144. The van der Waals surface area contributed by atoms with Crippen molar-refractivity contribution in [1.29, 1.82) is 0 Å². The molecular weight excluding hydrogens is 395 g/mol. The molecular formula is C21H19FN2O6. The highest BCUT2D eigenvalue weighted by atomic mass is 19.1. The summed E-state index contributed by atoms with van der Waals surface area (Å²) < 4.78 is 23.6. The number of carboxylic acid groups (broad SMARTS) is 1. The number of rotatable bonds is 7. The first-order valence-electron chi connectivity index (χ1n) is 8.95. The highest BCUT2D eigenvalue weighted by molar-refractivity contribution is 6.13. The van der Waals surface area contributed by atoms with E-state index >= 15 is 0 Å². The number of nitrogens with one attached hydrogen (secondary N) is 1. The van der Waals surface area contributed by atoms with Crippen molar-refractivity contribution in [3.63, 3.8) is 0 Å². The lowest BCUT2D eigenvalue weighted by Crippen LogP contribution is -2.30. The highest BCUT2D eigenvalue weighted by Gasteiger charge is 2.33. The molecule has 0 unspecified atom stereocenters. The van der Waals surface area contributed by atoms with Crippen LogP contribution in [-0.4, -0.2) is 41.1 Å². The third kappa shape index (κ3) is 4.57. The number of urea groups is 1. The molecule has 1 atom stereocenters. The molecule has 2 N–H and O–H groups in total. The average molecular weight is 414 g/mol. The van der Waals surface area contributed by atoms with Crippen molar-refractivity contribution in [2.75, 3.05) is 7.11 Å². The van der Waals surface area contributed by atoms with Gasteiger partial charge in [0.05, 0.1) is 13.7 Å². The molecule has 1 fully saturated rings. The predicted molar refractivity (Wildman–Crippen MR) is 104 cm³/mol. The molecule has 1 aliphatic rings. The van der Waals surface area contributed by atoms with Gasteiger partial charge < -0.3 is 19.9 Å². The van der Waals surface area contributed by atoms with E-state index in [4.69, 9.17) is 14.6 Å². The van der Waals surface area contributed by atoms with E-state index < -0.39 is 29.8 Å². The molecule has 0 radical (unpaired) electrons. The van der Waals surface area contributed by atoms with Crippen LogP contribution in [0.1, 0.15) is 18.1 Å². The van der Waals surface area contributed by atoms with Crippen LogP contribution in [0.2, 0.25) is 0 Å². The average Bonchev–Trinajstić information content (AvgIpc) is 2.97. The van der Waals surface area contributed by atoms with Crippen molar-refractivity contribution in [1.82, 2.24) is 10.2 Å². The highest BCUT2D eigenvalue weighted by Crippen LogP contribution is 2.30. The Hall–Kier alpha value is -3.88. The number of amides is 3. The standard InChI is InChI=1S/C21H19FN2O6/c1-12(20(26)27)30-17-8-5-14(10-18(17)29-2)9-16-19(25)24(21(28)23-16)11-13-3-6-15(22)7-4-13/h3-10,12H,11H2,1-2H3,(H,23,28)(H,26,27)/b16-9-/t12-/m0/s1. The zero-order valence-electron chi connectivity index (χ0n) is 16.2. The van der Waals surface area contributed by atoms with Gasteiger partial charge in [0.15, 0.2) is 17.6 Å². The Bertz CT molecular complexity index is 1020. The van der Waals surface area contributed by atoms with Gasteiger partial charge >= 0.3 is 12.0 Å². The second-order valence-corrected chi connectivity index (χ2v) is 6.51. The Labute approximate surface area is 171 Å². The van der Waals surface area contributed by atoms with E-state index in [2.05, 4.69) is 5.32 Å². The first-order valence-corrected chi connectivity index (χ1v) is 8.95. The summed E-state index contributed by atoms with van der Waals surface area (Å²) in [4.78, 5) is 36.8. The number of methoxy groups -OCH3 is 1. The van der Waals surface area contributed by atoms with Gasteiger partial charge in [-0.2, -0.15) is 0 Å². The first kappa shape index (κ1) is 20.8. The summed E-state index contributed by atoms with van der Waals surface area (Å²) >= 11 is 0. The monoisotopic (exact) mass is 414 g/mol. The molecule has 9 heteroatoms. The lowest BCUT2D eigenvalue weighted by atomic mass is 10.1. The van der Waals surface area contributed by atoms with Crippen LogP contribution in [0.4, 0.5) is 9.18 Å². The molecule has 1 heterocycles. The van der Waals surface area contributed by atoms with Gasteiger partial charge in [0.1, 0.15) is 11.5 Å². The van der Waals surface area contributed by atoms with Crippen LogP contribution in [-0.2, 0) is 16.1 Å². The normalized spacial score (nSPS) is 15.8. The SMILES string of the molecule is COc1cc(/C=C2\NC(=O)N(Cc3ccc(F)cc3)C2=O)ccc1O[C@@H](C)C(=O)O. The number of aliphatic carboxylic acids is 1. The number of imide groups is 1. The minimum Gasteiger partial charge on any atom is -0.493 e. The number of carboxylic acids is 1. The van der Waals surface area contributed by atoms with E-state index in [1.54, 1.807) is 12.1 Å². The summed E-state index contributed by atoms with van der Waals surface area (Å²) in [6.45, 7) is 1.39. The van der Waals surface area contributed by atoms with Crippen molar-refractivity contribution in [3.8, 4) is 11.5 Å². The van der Waals surface area contributed by atoms with Crippen LogP contribution in [0.5, 0.6) is 11.5 Å². The molecule has 0 bridgehead atoms. The molecule has 156 valence electrons. The van der Waals surface area contributed by atoms with Gasteiger partial charge in [0.25, 0.3) is 5.91 Å². The van der Waals surface area contributed by atoms with E-state index in [1.165, 1.54) is 50.4 Å². The molecule has 8 nitrogen and oxygen atoms in total. The van der Waals surface area contributed by atoms with Gasteiger partial charge in [-0.15, -0.1) is 0 Å². The van der Waals surface area contributed by atoms with Crippen LogP contribution in [0.15, 0.2) is 48.2 Å². The molecule has 3 amide bonds. The van der Waals surface area contributed by atoms with Crippen LogP contribution in [0.25, 0.3) is 6.08 Å². The number of ether oxygens (including phenoxy) is 2. The fraction of sp³-hybridized carbons (Fsp3) is 0.190. The van der Waals surface area contributed by atoms with Crippen molar-refractivity contribution in [3.05, 3.63) is 65.1 Å². The third-order valence-electron chi connectivity index (χ3n) is 4.37. The van der Waals surface area contributed by atoms with E-state index in [0.717, 1.165) is 4.90 Å². The van der Waals surface area contributed by atoms with Gasteiger partial charge in [0.2, 0.25) is 0 Å². The summed E-state index contributed by atoms with van der Waals surface area (Å²) in [6.07, 6.45) is 0.400. The lowest BCUT2D eigenvalue weighted by Gasteiger charge is -2.14. The fourth-order valence-electron chi connectivity index (χ4n) is 2.77. The summed E-state index contributed by atoms with van der Waals surface area (Å²) in [5, 5.41) is 11.5. The van der Waals surface area contributed by atoms with E-state index in [9.17, 15) is 18.8 Å². The second kappa shape index (κ2) is 8.64. The minimum absolute atomic E-state index is 0.00542. The molecule has 3 rings (SSSR count). The van der Waals surface area contributed by atoms with E-state index in [-0.39, 0.29) is 23.7 Å². The van der Waals surface area contributed by atoms with Gasteiger partial charge in [0, 0.05) is 0 Å². The second-order valence-electron chi connectivity index (χ2n) is 6.51. The Morgan fingerprint density at radius 2 is 1.90 bits per heavy atom. The summed E-state index contributed by atoms with van der Waals surface area (Å²) in [7, 11) is 1.40. The number of hydrogen-bond donors (Lipinski definition) is 2. The number of nitrogens with zero attached hydrogens (tertiary/aromatic N) is 1. The Balaban J connectivity index is 1.79. The minimum atomic E-state index is -1.12. The predicted octanol–water partition coefficient (Wildman–Crippen LogP) is 2.78. The zero-order valence-corrected chi connectivity index (χ0v) is 16.2. The molecule has 2 aromatic rings. The van der Waals surface area contributed by atoms with Crippen LogP contribution >= 0.6 is 0 Å². The third-order valence-corrected chi connectivity index (χ3v) is 4.37. The summed E-state index contributed by atoms with van der Waals surface area (Å²) in [5.41, 5.74) is 1.21. The molecule has 0 spiro atoms. The van der Waals surface area contributed by atoms with Gasteiger partial charge in [-0.3, -0.25) is 9.69 Å². The first-order chi connectivity index (χ1) is 14.3. The maximum absolute atomic E-state index is 13.0. The molecule has 1 saturated heterocycles. The summed E-state index contributed by atoms with van der Waals surface area (Å²) in [5.74, 6) is -1.55. The van der Waals surface area contributed by atoms with Crippen molar-refractivity contribution < 1.29 is 33.4 Å². The molecule has 0 saturated carbocycles. The van der Waals surface area contributed by atoms with Crippen LogP contribution < -0.4 is 14.8 Å². The maximum Gasteiger partial charge on any atom is 0.344 e. The van der Waals surface area contributed by atoms with Crippen molar-refractivity contribution >= 4 is 24.0 Å². The zero-order chi connectivity index (χ0) is 21.8. The Morgan fingerprint density at radius 3 is 2.53 bits per heavy atom. The Kier molecular flexibility index (Phi) is 6.01. The number of benzene rings is 2. The molecule has 0 aromatic heterocycles. The van der Waals surface area contributed by atoms with Gasteiger partial charge in [-0.05, 0) is 48.4 Å². The quantitative estimate of drug-likeness (QED) is 0.533. The largest absolute Gasteiger partial charge is 0.493 e. The summed E-state index contributed by atoms with van der Waals surface area (Å²) in [6, 6.07) is 9.59. The van der Waals surface area contributed by atoms with Crippen LogP contribution in [0.3, 0.4) is 0 Å². The number of hydrogen-bond acceptors (Lipinski definition) is 5. The van der Waals surface area contributed by atoms with Crippen molar-refractivity contribution in [2.24, 2.45) is 0 Å². The number of carbonyl (C=O) groups excluding carboxylic acids is 2. The van der Waals surface area contributed by atoms with E-state index in [0.29, 0.717) is 11.1 Å². The fourth-order valence-corrected chi connectivity index (χ4v) is 2.77. The molecule has 1 aliphatic heterocycles. The number of halogens is 1. The molecule has 0 aliphatic carbocycles. The van der Waals surface area contributed by atoms with Crippen molar-refractivity contribution in [2.45, 2.75) is 19.6 Å². The van der Waals surface area contributed by atoms with Crippen LogP contribution in [0, 0.1) is 5.82 Å². The van der Waals surface area contributed by atoms with Gasteiger partial charge in [-0.1, -0.05) is 18.2 Å². The van der Waals surface area contributed by atoms with Gasteiger partial charge in [-0.25, -0.2) is 14.0 Å². The topological polar surface area (TPSA) is 105 Å².